The van der Waals surface area contributed by atoms with E-state index in [2.05, 4.69) is 36.5 Å². The van der Waals surface area contributed by atoms with Gasteiger partial charge in [-0.25, -0.2) is 4.98 Å². The first-order chi connectivity index (χ1) is 10.2. The van der Waals surface area contributed by atoms with Gasteiger partial charge >= 0.3 is 0 Å². The van der Waals surface area contributed by atoms with Crippen LogP contribution in [0.1, 0.15) is 56.7 Å². The Hall–Kier alpha value is -0.450. The number of hydrogen-bond donors (Lipinski definition) is 1. The lowest BCUT2D eigenvalue weighted by atomic mass is 9.82. The van der Waals surface area contributed by atoms with E-state index in [1.165, 1.54) is 37.1 Å². The van der Waals surface area contributed by atoms with Gasteiger partial charge in [0.05, 0.1) is 11.1 Å². The highest BCUT2D eigenvalue weighted by Crippen LogP contribution is 2.30. The Morgan fingerprint density at radius 2 is 2.10 bits per heavy atom. The summed E-state index contributed by atoms with van der Waals surface area (Å²) in [4.78, 5) is 4.64. The van der Waals surface area contributed by atoms with E-state index in [0.29, 0.717) is 18.1 Å². The van der Waals surface area contributed by atoms with Gasteiger partial charge in [-0.15, -0.1) is 11.3 Å². The lowest BCUT2D eigenvalue weighted by Crippen LogP contribution is -2.47. The largest absolute Gasteiger partial charge is 0.377 e. The van der Waals surface area contributed by atoms with Crippen molar-refractivity contribution in [1.29, 1.82) is 0 Å². The van der Waals surface area contributed by atoms with Crippen LogP contribution in [0.5, 0.6) is 0 Å². The Morgan fingerprint density at radius 3 is 2.67 bits per heavy atom. The van der Waals surface area contributed by atoms with Gasteiger partial charge < -0.3 is 10.1 Å². The van der Waals surface area contributed by atoms with Crippen molar-refractivity contribution in [2.24, 2.45) is 5.92 Å². The summed E-state index contributed by atoms with van der Waals surface area (Å²) < 4.78 is 6.19. The smallest absolute Gasteiger partial charge is 0.0944 e. The summed E-state index contributed by atoms with van der Waals surface area (Å²) in [6.07, 6.45) is 8.10. The maximum Gasteiger partial charge on any atom is 0.0944 e. The third-order valence-electron chi connectivity index (χ3n) is 4.40. The number of hydrogen-bond acceptors (Lipinski definition) is 4. The second-order valence-electron chi connectivity index (χ2n) is 6.07. The molecule has 2 rings (SSSR count). The Balaban J connectivity index is 2.06. The van der Waals surface area contributed by atoms with E-state index in [9.17, 15) is 0 Å². The molecule has 0 aliphatic heterocycles. The second-order valence-corrected chi connectivity index (χ2v) is 7.01. The van der Waals surface area contributed by atoms with Gasteiger partial charge in [0.15, 0.2) is 0 Å². The highest BCUT2D eigenvalue weighted by Gasteiger charge is 2.31. The SMILES string of the molecule is CCNC(Cc1nc(C)cs1)C(OCC)C1CCCCC1. The predicted molar refractivity (Wildman–Crippen MR) is 90.0 cm³/mol. The molecule has 21 heavy (non-hydrogen) atoms. The van der Waals surface area contributed by atoms with Crippen LogP contribution in [0.3, 0.4) is 0 Å². The van der Waals surface area contributed by atoms with Crippen LogP contribution in [-0.4, -0.2) is 30.3 Å². The van der Waals surface area contributed by atoms with E-state index >= 15 is 0 Å². The Bertz CT molecular complexity index is 401. The molecular formula is C17H30N2OS. The van der Waals surface area contributed by atoms with Crippen molar-refractivity contribution in [3.8, 4) is 0 Å². The van der Waals surface area contributed by atoms with Gasteiger partial charge in [-0.05, 0) is 39.2 Å². The van der Waals surface area contributed by atoms with Crippen molar-refractivity contribution in [2.45, 2.75) is 71.4 Å². The summed E-state index contributed by atoms with van der Waals surface area (Å²) >= 11 is 1.78. The minimum absolute atomic E-state index is 0.333. The van der Waals surface area contributed by atoms with Crippen LogP contribution in [-0.2, 0) is 11.2 Å². The summed E-state index contributed by atoms with van der Waals surface area (Å²) in [5, 5.41) is 7.05. The Morgan fingerprint density at radius 1 is 1.33 bits per heavy atom. The summed E-state index contributed by atoms with van der Waals surface area (Å²) in [5.74, 6) is 0.712. The van der Waals surface area contributed by atoms with Gasteiger partial charge in [0, 0.05) is 30.1 Å². The van der Waals surface area contributed by atoms with Gasteiger partial charge in [0.1, 0.15) is 0 Å². The van der Waals surface area contributed by atoms with Crippen LogP contribution in [0.2, 0.25) is 0 Å². The van der Waals surface area contributed by atoms with Crippen molar-refractivity contribution in [3.05, 3.63) is 16.1 Å². The number of aromatic nitrogens is 1. The lowest BCUT2D eigenvalue weighted by molar-refractivity contribution is -0.0171. The predicted octanol–water partition coefficient (Wildman–Crippen LogP) is 3.96. The summed E-state index contributed by atoms with van der Waals surface area (Å²) in [7, 11) is 0. The molecule has 0 radical (unpaired) electrons. The molecule has 1 saturated carbocycles. The van der Waals surface area contributed by atoms with E-state index in [4.69, 9.17) is 4.74 Å². The lowest BCUT2D eigenvalue weighted by Gasteiger charge is -2.35. The van der Waals surface area contributed by atoms with Crippen molar-refractivity contribution in [3.63, 3.8) is 0 Å². The molecule has 2 atom stereocenters. The first kappa shape index (κ1) is 16.9. The zero-order chi connectivity index (χ0) is 15.1. The molecule has 1 fully saturated rings. The van der Waals surface area contributed by atoms with Gasteiger partial charge in [0.2, 0.25) is 0 Å². The fraction of sp³-hybridized carbons (Fsp3) is 0.824. The van der Waals surface area contributed by atoms with E-state index in [1.54, 1.807) is 11.3 Å². The molecule has 1 aromatic heterocycles. The minimum Gasteiger partial charge on any atom is -0.377 e. The topological polar surface area (TPSA) is 34.2 Å². The van der Waals surface area contributed by atoms with Crippen molar-refractivity contribution in [2.75, 3.05) is 13.2 Å². The summed E-state index contributed by atoms with van der Waals surface area (Å²) in [6.45, 7) is 8.17. The molecule has 0 spiro atoms. The van der Waals surface area contributed by atoms with Crippen molar-refractivity contribution >= 4 is 11.3 Å². The Kier molecular flexibility index (Phi) is 7.14. The minimum atomic E-state index is 0.333. The Labute approximate surface area is 133 Å². The highest BCUT2D eigenvalue weighted by atomic mass is 32.1. The number of ether oxygens (including phenoxy) is 1. The average molecular weight is 311 g/mol. The van der Waals surface area contributed by atoms with E-state index in [0.717, 1.165) is 25.3 Å². The molecule has 0 saturated heterocycles. The molecule has 3 nitrogen and oxygen atoms in total. The number of thiazole rings is 1. The van der Waals surface area contributed by atoms with E-state index in [1.807, 2.05) is 0 Å². The highest BCUT2D eigenvalue weighted by molar-refractivity contribution is 7.09. The monoisotopic (exact) mass is 310 g/mol. The number of likely N-dealkylation sites (N-methyl/N-ethyl adjacent to an activating group) is 1. The van der Waals surface area contributed by atoms with Crippen LogP contribution in [0.15, 0.2) is 5.38 Å². The van der Waals surface area contributed by atoms with Crippen LogP contribution in [0.4, 0.5) is 0 Å². The van der Waals surface area contributed by atoms with Crippen LogP contribution in [0.25, 0.3) is 0 Å². The molecule has 1 aliphatic carbocycles. The van der Waals surface area contributed by atoms with Gasteiger partial charge in [0.25, 0.3) is 0 Å². The molecule has 2 unspecified atom stereocenters. The zero-order valence-corrected chi connectivity index (χ0v) is 14.5. The molecular weight excluding hydrogens is 280 g/mol. The fourth-order valence-electron chi connectivity index (χ4n) is 3.49. The summed E-state index contributed by atoms with van der Waals surface area (Å²) in [5.41, 5.74) is 1.14. The van der Waals surface area contributed by atoms with Crippen LogP contribution >= 0.6 is 11.3 Å². The maximum atomic E-state index is 6.19. The number of aryl methyl sites for hydroxylation is 1. The summed E-state index contributed by atoms with van der Waals surface area (Å²) in [6, 6.07) is 0.392. The molecule has 4 heteroatoms. The number of rotatable bonds is 8. The first-order valence-corrected chi connectivity index (χ1v) is 9.38. The second kappa shape index (κ2) is 8.86. The molecule has 0 bridgehead atoms. The third-order valence-corrected chi connectivity index (χ3v) is 5.39. The molecule has 1 N–H and O–H groups in total. The number of nitrogens with one attached hydrogen (secondary N) is 1. The molecule has 1 heterocycles. The van der Waals surface area contributed by atoms with Gasteiger partial charge in [-0.3, -0.25) is 0 Å². The van der Waals surface area contributed by atoms with Crippen LogP contribution < -0.4 is 5.32 Å². The van der Waals surface area contributed by atoms with Crippen molar-refractivity contribution < 1.29 is 4.74 Å². The standard InChI is InChI=1S/C17H30N2OS/c1-4-18-15(11-16-19-13(3)12-21-16)17(20-5-2)14-9-7-6-8-10-14/h12,14-15,17-18H,4-11H2,1-3H3. The van der Waals surface area contributed by atoms with E-state index < -0.39 is 0 Å². The molecule has 0 amide bonds. The first-order valence-electron chi connectivity index (χ1n) is 8.50. The van der Waals surface area contributed by atoms with E-state index in [-0.39, 0.29) is 0 Å². The fourth-order valence-corrected chi connectivity index (χ4v) is 4.32. The van der Waals surface area contributed by atoms with Gasteiger partial charge in [-0.1, -0.05) is 26.2 Å². The average Bonchev–Trinajstić information content (AvgIpc) is 2.90. The number of nitrogens with zero attached hydrogens (tertiary/aromatic N) is 1. The van der Waals surface area contributed by atoms with Crippen molar-refractivity contribution in [1.82, 2.24) is 10.3 Å². The normalized spacial score (nSPS) is 19.6. The maximum absolute atomic E-state index is 6.19. The van der Waals surface area contributed by atoms with Crippen LogP contribution in [0, 0.1) is 12.8 Å². The molecule has 1 aliphatic rings. The quantitative estimate of drug-likeness (QED) is 0.789. The van der Waals surface area contributed by atoms with Gasteiger partial charge in [-0.2, -0.15) is 0 Å². The molecule has 1 aromatic rings. The third kappa shape index (κ3) is 5.04. The zero-order valence-electron chi connectivity index (χ0n) is 13.7. The molecule has 0 aromatic carbocycles. The molecule has 120 valence electrons.